The maximum absolute atomic E-state index is 15.2. The Balaban J connectivity index is 1.20. The van der Waals surface area contributed by atoms with Gasteiger partial charge in [0.05, 0.1) is 0 Å². The molecule has 0 N–H and O–H groups in total. The van der Waals surface area contributed by atoms with Gasteiger partial charge in [-0.1, -0.05) is 115 Å². The summed E-state index contributed by atoms with van der Waals surface area (Å²) in [7, 11) is -2.69. The van der Waals surface area contributed by atoms with Gasteiger partial charge in [0.15, 0.2) is 0 Å². The molecule has 2 aromatic carbocycles. The minimum absolute atomic E-state index is 0.276. The van der Waals surface area contributed by atoms with E-state index < -0.39 is 7.14 Å². The van der Waals surface area contributed by atoms with Crippen molar-refractivity contribution in [3.05, 3.63) is 60.7 Å². The van der Waals surface area contributed by atoms with Gasteiger partial charge in [0.1, 0.15) is 7.14 Å². The molecule has 0 heterocycles. The predicted molar refractivity (Wildman–Crippen MR) is 177 cm³/mol. The molecular weight excluding hydrogens is 515 g/mol. The lowest BCUT2D eigenvalue weighted by Gasteiger charge is -2.61. The zero-order valence-electron chi connectivity index (χ0n) is 26.7. The summed E-state index contributed by atoms with van der Waals surface area (Å²) in [6.07, 6.45) is 16.4. The number of hydrogen-bond donors (Lipinski definition) is 0. The van der Waals surface area contributed by atoms with Crippen molar-refractivity contribution >= 4 is 17.8 Å². The molecule has 0 spiro atoms. The topological polar surface area (TPSA) is 17.1 Å². The summed E-state index contributed by atoms with van der Waals surface area (Å²) in [5.74, 6) is 6.12. The Bertz CT molecular complexity index is 1160. The summed E-state index contributed by atoms with van der Waals surface area (Å²) in [5, 5.41) is 2.14. The van der Waals surface area contributed by atoms with Crippen LogP contribution < -0.4 is 10.6 Å². The fourth-order valence-electron chi connectivity index (χ4n) is 11.5. The van der Waals surface area contributed by atoms with Gasteiger partial charge in [-0.25, -0.2) is 0 Å². The Labute approximate surface area is 252 Å². The molecule has 4 saturated carbocycles. The lowest BCUT2D eigenvalue weighted by atomic mass is 9.44. The van der Waals surface area contributed by atoms with Crippen LogP contribution >= 0.6 is 7.14 Å². The van der Waals surface area contributed by atoms with Gasteiger partial charge in [0.25, 0.3) is 0 Å². The molecule has 9 unspecified atom stereocenters. The SMILES string of the molecule is CC(C)CCCC(C)C1CCC2C3CCC4CC(P(=O)(c5ccccc5)c5ccccc5)CCC4(C)C3CCC12C. The van der Waals surface area contributed by atoms with E-state index in [1.54, 1.807) is 0 Å². The second kappa shape index (κ2) is 11.6. The number of fused-ring (bicyclic) bond motifs is 5. The van der Waals surface area contributed by atoms with Gasteiger partial charge >= 0.3 is 0 Å². The molecule has 0 aromatic heterocycles. The maximum atomic E-state index is 15.2. The van der Waals surface area contributed by atoms with Crippen molar-refractivity contribution in [3.8, 4) is 0 Å². The number of rotatable bonds is 8. The minimum Gasteiger partial charge on any atom is -0.313 e. The lowest BCUT2D eigenvalue weighted by Crippen LogP contribution is -2.54. The second-order valence-corrected chi connectivity index (χ2v) is 19.0. The van der Waals surface area contributed by atoms with Crippen LogP contribution in [0.2, 0.25) is 0 Å². The van der Waals surface area contributed by atoms with Crippen molar-refractivity contribution in [3.63, 3.8) is 0 Å². The van der Waals surface area contributed by atoms with Gasteiger partial charge in [-0.2, -0.15) is 0 Å². The highest BCUT2D eigenvalue weighted by Gasteiger charge is 2.61. The third kappa shape index (κ3) is 5.13. The Morgan fingerprint density at radius 2 is 1.34 bits per heavy atom. The number of benzene rings is 2. The van der Waals surface area contributed by atoms with E-state index >= 15 is 4.57 Å². The molecule has 0 bridgehead atoms. The van der Waals surface area contributed by atoms with Crippen LogP contribution in [0.4, 0.5) is 0 Å². The highest BCUT2D eigenvalue weighted by molar-refractivity contribution is 7.79. The molecule has 4 aliphatic carbocycles. The third-order valence-corrected chi connectivity index (χ3v) is 17.3. The van der Waals surface area contributed by atoms with Crippen molar-refractivity contribution in [2.24, 2.45) is 52.3 Å². The van der Waals surface area contributed by atoms with Gasteiger partial charge in [-0.05, 0) is 110 Å². The summed E-state index contributed by atoms with van der Waals surface area (Å²) < 4.78 is 15.2. The minimum atomic E-state index is -2.69. The smallest absolute Gasteiger partial charge is 0.146 e. The van der Waals surface area contributed by atoms with Crippen LogP contribution in [0.1, 0.15) is 112 Å². The van der Waals surface area contributed by atoms with E-state index in [4.69, 9.17) is 0 Å². The first kappa shape index (κ1) is 29.7. The molecule has 6 rings (SSSR count). The zero-order valence-corrected chi connectivity index (χ0v) is 27.6. The van der Waals surface area contributed by atoms with Gasteiger partial charge in [0, 0.05) is 16.3 Å². The molecule has 4 aliphatic rings. The van der Waals surface area contributed by atoms with Crippen LogP contribution in [0.3, 0.4) is 0 Å². The van der Waals surface area contributed by atoms with Crippen molar-refractivity contribution in [1.29, 1.82) is 0 Å². The molecular formula is C39H57OP. The normalized spacial score (nSPS) is 37.7. The Hall–Kier alpha value is -1.33. The zero-order chi connectivity index (χ0) is 28.8. The van der Waals surface area contributed by atoms with Crippen LogP contribution in [-0.2, 0) is 4.57 Å². The Morgan fingerprint density at radius 1 is 0.732 bits per heavy atom. The summed E-state index contributed by atoms with van der Waals surface area (Å²) in [5.41, 5.74) is 1.27. The second-order valence-electron chi connectivity index (χ2n) is 15.9. The van der Waals surface area contributed by atoms with E-state index in [1.165, 1.54) is 64.2 Å². The van der Waals surface area contributed by atoms with E-state index in [2.05, 4.69) is 95.3 Å². The molecule has 224 valence electrons. The first-order valence-electron chi connectivity index (χ1n) is 17.4. The summed E-state index contributed by atoms with van der Waals surface area (Å²) in [6, 6.07) is 21.0. The van der Waals surface area contributed by atoms with Crippen LogP contribution in [-0.4, -0.2) is 5.66 Å². The number of hydrogen-bond acceptors (Lipinski definition) is 1. The van der Waals surface area contributed by atoms with Crippen molar-refractivity contribution in [2.75, 3.05) is 0 Å². The highest BCUT2D eigenvalue weighted by Crippen LogP contribution is 2.70. The molecule has 9 atom stereocenters. The lowest BCUT2D eigenvalue weighted by molar-refractivity contribution is -0.113. The molecule has 0 radical (unpaired) electrons. The van der Waals surface area contributed by atoms with Crippen LogP contribution in [0, 0.1) is 52.3 Å². The first-order valence-corrected chi connectivity index (χ1v) is 19.2. The monoisotopic (exact) mass is 572 g/mol. The molecule has 0 aliphatic heterocycles. The molecule has 0 amide bonds. The summed E-state index contributed by atoms with van der Waals surface area (Å²) in [4.78, 5) is 0. The molecule has 2 heteroatoms. The molecule has 2 aromatic rings. The fourth-order valence-corrected chi connectivity index (χ4v) is 14.9. The quantitative estimate of drug-likeness (QED) is 0.288. The molecule has 41 heavy (non-hydrogen) atoms. The van der Waals surface area contributed by atoms with Crippen LogP contribution in [0.5, 0.6) is 0 Å². The average molecular weight is 573 g/mol. The van der Waals surface area contributed by atoms with E-state index in [0.29, 0.717) is 10.8 Å². The third-order valence-electron chi connectivity index (χ3n) is 13.6. The van der Waals surface area contributed by atoms with Gasteiger partial charge in [-0.3, -0.25) is 0 Å². The summed E-state index contributed by atoms with van der Waals surface area (Å²) >= 11 is 0. The van der Waals surface area contributed by atoms with Crippen LogP contribution in [0.25, 0.3) is 0 Å². The standard InChI is InChI=1S/C39H57OP/c1-28(2)13-12-14-29(3)35-21-22-36-34-20-19-30-27-33(23-25-38(30,4)37(34)24-26-39(35,36)5)41(40,31-15-8-6-9-16-31)32-17-10-7-11-18-32/h6-11,15-18,28-30,33-37H,12-14,19-27H2,1-5H3. The van der Waals surface area contributed by atoms with Gasteiger partial charge < -0.3 is 4.57 Å². The Kier molecular flexibility index (Phi) is 8.44. The van der Waals surface area contributed by atoms with E-state index in [9.17, 15) is 0 Å². The molecule has 1 nitrogen and oxygen atoms in total. The van der Waals surface area contributed by atoms with E-state index in [0.717, 1.165) is 64.9 Å². The van der Waals surface area contributed by atoms with Gasteiger partial charge in [0.2, 0.25) is 0 Å². The van der Waals surface area contributed by atoms with Gasteiger partial charge in [-0.15, -0.1) is 0 Å². The fraction of sp³-hybridized carbons (Fsp3) is 0.692. The predicted octanol–water partition coefficient (Wildman–Crippen LogP) is 10.5. The highest BCUT2D eigenvalue weighted by atomic mass is 31.2. The van der Waals surface area contributed by atoms with Crippen molar-refractivity contribution < 1.29 is 4.57 Å². The van der Waals surface area contributed by atoms with E-state index in [1.807, 2.05) is 0 Å². The van der Waals surface area contributed by atoms with Crippen LogP contribution in [0.15, 0.2) is 60.7 Å². The van der Waals surface area contributed by atoms with Crippen molar-refractivity contribution in [2.45, 2.75) is 117 Å². The van der Waals surface area contributed by atoms with Crippen molar-refractivity contribution in [1.82, 2.24) is 0 Å². The largest absolute Gasteiger partial charge is 0.313 e. The maximum Gasteiger partial charge on any atom is 0.146 e. The summed E-state index contributed by atoms with van der Waals surface area (Å²) in [6.45, 7) is 12.8. The first-order chi connectivity index (χ1) is 19.7. The Morgan fingerprint density at radius 3 is 1.98 bits per heavy atom. The molecule has 4 fully saturated rings. The average Bonchev–Trinajstić information content (AvgIpc) is 3.34. The molecule has 0 saturated heterocycles. The van der Waals surface area contributed by atoms with E-state index in [-0.39, 0.29) is 5.66 Å².